The molecule has 6 heteroatoms. The Morgan fingerprint density at radius 3 is 3.17 bits per heavy atom. The number of H-pyrrole nitrogens is 1. The molecule has 0 aromatic carbocycles. The van der Waals surface area contributed by atoms with Crippen LogP contribution < -0.4 is 10.6 Å². The summed E-state index contributed by atoms with van der Waals surface area (Å²) < 4.78 is 0. The molecule has 2 unspecified atom stereocenters. The van der Waals surface area contributed by atoms with Gasteiger partial charge in [0, 0.05) is 19.1 Å². The molecule has 1 saturated heterocycles. The second-order valence-electron chi connectivity index (χ2n) is 4.87. The number of hydrogen-bond acceptors (Lipinski definition) is 5. The Bertz CT molecular complexity index is 536. The van der Waals surface area contributed by atoms with Gasteiger partial charge in [0.05, 0.1) is 6.33 Å². The van der Waals surface area contributed by atoms with Crippen molar-refractivity contribution in [1.29, 1.82) is 0 Å². The van der Waals surface area contributed by atoms with E-state index in [1.54, 1.807) is 12.7 Å². The van der Waals surface area contributed by atoms with Crippen LogP contribution in [0.15, 0.2) is 12.7 Å². The molecular formula is C12H18N6. The van der Waals surface area contributed by atoms with Crippen LogP contribution in [0.5, 0.6) is 0 Å². The Morgan fingerprint density at radius 2 is 2.33 bits per heavy atom. The Hall–Kier alpha value is -1.69. The predicted molar refractivity (Wildman–Crippen MR) is 70.3 cm³/mol. The van der Waals surface area contributed by atoms with Gasteiger partial charge in [0.1, 0.15) is 11.8 Å². The molecule has 6 nitrogen and oxygen atoms in total. The molecule has 3 heterocycles. The first kappa shape index (κ1) is 11.4. The van der Waals surface area contributed by atoms with Crippen molar-refractivity contribution in [3.63, 3.8) is 0 Å². The summed E-state index contributed by atoms with van der Waals surface area (Å²) in [6.45, 7) is 4.10. The van der Waals surface area contributed by atoms with Crippen molar-refractivity contribution >= 4 is 17.0 Å². The average molecular weight is 246 g/mol. The molecule has 1 aliphatic rings. The molecule has 0 spiro atoms. The molecular weight excluding hydrogens is 228 g/mol. The van der Waals surface area contributed by atoms with Crippen LogP contribution in [0.25, 0.3) is 11.2 Å². The summed E-state index contributed by atoms with van der Waals surface area (Å²) in [5, 5.41) is 0. The normalized spacial score (nSPS) is 24.7. The fourth-order valence-electron chi connectivity index (χ4n) is 2.67. The van der Waals surface area contributed by atoms with E-state index in [4.69, 9.17) is 5.73 Å². The lowest BCUT2D eigenvalue weighted by molar-refractivity contribution is 0.347. The van der Waals surface area contributed by atoms with E-state index in [0.717, 1.165) is 42.9 Å². The minimum Gasteiger partial charge on any atom is -0.354 e. The Balaban J connectivity index is 1.93. The number of nitrogens with two attached hydrogens (primary N) is 1. The fourth-order valence-corrected chi connectivity index (χ4v) is 2.67. The Labute approximate surface area is 106 Å². The SMILES string of the molecule is CCC1CN(c2ncnc3nc[nH]c23)CCC1N. The number of imidazole rings is 1. The summed E-state index contributed by atoms with van der Waals surface area (Å²) in [6.07, 6.45) is 5.36. The second kappa shape index (κ2) is 4.53. The number of aromatic nitrogens is 4. The quantitative estimate of drug-likeness (QED) is 0.823. The van der Waals surface area contributed by atoms with Crippen LogP contribution in [0.3, 0.4) is 0 Å². The molecule has 1 fully saturated rings. The van der Waals surface area contributed by atoms with Gasteiger partial charge < -0.3 is 15.6 Å². The van der Waals surface area contributed by atoms with Gasteiger partial charge in [-0.25, -0.2) is 15.0 Å². The van der Waals surface area contributed by atoms with Gasteiger partial charge in [-0.3, -0.25) is 0 Å². The van der Waals surface area contributed by atoms with Crippen molar-refractivity contribution in [3.05, 3.63) is 12.7 Å². The van der Waals surface area contributed by atoms with Gasteiger partial charge >= 0.3 is 0 Å². The number of nitrogens with one attached hydrogen (secondary N) is 1. The van der Waals surface area contributed by atoms with Crippen LogP contribution in [-0.4, -0.2) is 39.1 Å². The largest absolute Gasteiger partial charge is 0.354 e. The van der Waals surface area contributed by atoms with E-state index in [-0.39, 0.29) is 0 Å². The molecule has 2 aromatic heterocycles. The zero-order valence-corrected chi connectivity index (χ0v) is 10.5. The summed E-state index contributed by atoms with van der Waals surface area (Å²) in [5.74, 6) is 1.48. The number of anilines is 1. The van der Waals surface area contributed by atoms with Gasteiger partial charge in [-0.05, 0) is 12.3 Å². The van der Waals surface area contributed by atoms with Gasteiger partial charge in [-0.2, -0.15) is 0 Å². The van der Waals surface area contributed by atoms with Crippen LogP contribution >= 0.6 is 0 Å². The standard InChI is InChI=1S/C12H18N6/c1-2-8-5-18(4-3-9(8)13)12-10-11(15-6-14-10)16-7-17-12/h6-9H,2-5,13H2,1H3,(H,14,15,16,17). The Morgan fingerprint density at radius 1 is 1.44 bits per heavy atom. The molecule has 0 amide bonds. The molecule has 2 atom stereocenters. The highest BCUT2D eigenvalue weighted by molar-refractivity contribution is 5.82. The summed E-state index contributed by atoms with van der Waals surface area (Å²) in [6, 6.07) is 0.311. The molecule has 0 aliphatic carbocycles. The van der Waals surface area contributed by atoms with Crippen LogP contribution in [0.4, 0.5) is 5.82 Å². The number of aromatic amines is 1. The van der Waals surface area contributed by atoms with Crippen molar-refractivity contribution in [2.45, 2.75) is 25.8 Å². The monoisotopic (exact) mass is 246 g/mol. The van der Waals surface area contributed by atoms with Crippen LogP contribution in [0.1, 0.15) is 19.8 Å². The highest BCUT2D eigenvalue weighted by Crippen LogP contribution is 2.26. The smallest absolute Gasteiger partial charge is 0.182 e. The summed E-state index contributed by atoms with van der Waals surface area (Å²) in [5.41, 5.74) is 7.79. The summed E-state index contributed by atoms with van der Waals surface area (Å²) in [4.78, 5) is 18.1. The first-order valence-corrected chi connectivity index (χ1v) is 6.44. The highest BCUT2D eigenvalue weighted by atomic mass is 15.2. The minimum absolute atomic E-state index is 0.311. The minimum atomic E-state index is 0.311. The third kappa shape index (κ3) is 1.82. The van der Waals surface area contributed by atoms with Crippen LogP contribution in [0.2, 0.25) is 0 Å². The molecule has 3 N–H and O–H groups in total. The van der Waals surface area contributed by atoms with Crippen molar-refractivity contribution in [1.82, 2.24) is 19.9 Å². The first-order chi connectivity index (χ1) is 8.79. The van der Waals surface area contributed by atoms with E-state index < -0.39 is 0 Å². The predicted octanol–water partition coefficient (Wildman–Crippen LogP) is 0.916. The van der Waals surface area contributed by atoms with Crippen molar-refractivity contribution in [2.24, 2.45) is 11.7 Å². The van der Waals surface area contributed by atoms with Crippen LogP contribution in [-0.2, 0) is 0 Å². The molecule has 1 aliphatic heterocycles. The number of rotatable bonds is 2. The number of fused-ring (bicyclic) bond motifs is 1. The summed E-state index contributed by atoms with van der Waals surface area (Å²) >= 11 is 0. The molecule has 2 aromatic rings. The zero-order valence-electron chi connectivity index (χ0n) is 10.5. The maximum Gasteiger partial charge on any atom is 0.182 e. The summed E-state index contributed by atoms with van der Waals surface area (Å²) in [7, 11) is 0. The van der Waals surface area contributed by atoms with Gasteiger partial charge in [0.2, 0.25) is 0 Å². The van der Waals surface area contributed by atoms with E-state index in [1.807, 2.05) is 0 Å². The van der Waals surface area contributed by atoms with Gasteiger partial charge in [-0.15, -0.1) is 0 Å². The van der Waals surface area contributed by atoms with Gasteiger partial charge in [-0.1, -0.05) is 13.3 Å². The molecule has 3 rings (SSSR count). The zero-order chi connectivity index (χ0) is 12.5. The molecule has 0 saturated carbocycles. The molecule has 96 valence electrons. The third-order valence-corrected chi connectivity index (χ3v) is 3.82. The van der Waals surface area contributed by atoms with E-state index in [0.29, 0.717) is 12.0 Å². The van der Waals surface area contributed by atoms with Crippen LogP contribution in [0, 0.1) is 5.92 Å². The van der Waals surface area contributed by atoms with Crippen molar-refractivity contribution in [2.75, 3.05) is 18.0 Å². The van der Waals surface area contributed by atoms with Crippen molar-refractivity contribution < 1.29 is 0 Å². The lowest BCUT2D eigenvalue weighted by Gasteiger charge is -2.37. The second-order valence-corrected chi connectivity index (χ2v) is 4.87. The highest BCUT2D eigenvalue weighted by Gasteiger charge is 2.27. The van der Waals surface area contributed by atoms with E-state index >= 15 is 0 Å². The first-order valence-electron chi connectivity index (χ1n) is 6.44. The number of hydrogen-bond donors (Lipinski definition) is 2. The van der Waals surface area contributed by atoms with Crippen molar-refractivity contribution in [3.8, 4) is 0 Å². The maximum atomic E-state index is 6.14. The van der Waals surface area contributed by atoms with Gasteiger partial charge in [0.25, 0.3) is 0 Å². The lowest BCUT2D eigenvalue weighted by atomic mass is 9.91. The number of nitrogens with zero attached hydrogens (tertiary/aromatic N) is 4. The van der Waals surface area contributed by atoms with E-state index in [2.05, 4.69) is 31.8 Å². The Kier molecular flexibility index (Phi) is 2.87. The number of piperidine rings is 1. The molecule has 0 bridgehead atoms. The molecule has 0 radical (unpaired) electrons. The lowest BCUT2D eigenvalue weighted by Crippen LogP contribution is -2.47. The third-order valence-electron chi connectivity index (χ3n) is 3.82. The van der Waals surface area contributed by atoms with Gasteiger partial charge in [0.15, 0.2) is 11.5 Å². The average Bonchev–Trinajstić information content (AvgIpc) is 2.87. The molecule has 18 heavy (non-hydrogen) atoms. The topological polar surface area (TPSA) is 83.7 Å². The maximum absolute atomic E-state index is 6.14. The van der Waals surface area contributed by atoms with E-state index in [1.165, 1.54) is 0 Å². The van der Waals surface area contributed by atoms with E-state index in [9.17, 15) is 0 Å². The fraction of sp³-hybridized carbons (Fsp3) is 0.583.